The minimum absolute atomic E-state index is 0.923. The van der Waals surface area contributed by atoms with Crippen LogP contribution in [-0.2, 0) is 0 Å². The molecule has 0 amide bonds. The molecule has 1 heterocycles. The Morgan fingerprint density at radius 1 is 1.40 bits per heavy atom. The Morgan fingerprint density at radius 2 is 2.10 bits per heavy atom. The van der Waals surface area contributed by atoms with Crippen LogP contribution in [0.15, 0.2) is 0 Å². The Labute approximate surface area is 62.6 Å². The summed E-state index contributed by atoms with van der Waals surface area (Å²) in [6, 6.07) is 0. The molecule has 55 valence electrons. The quantitative estimate of drug-likeness (QED) is 0.462. The van der Waals surface area contributed by atoms with Crippen molar-refractivity contribution in [2.45, 2.75) is 6.92 Å². The molecule has 0 atom stereocenters. The highest BCUT2D eigenvalue weighted by atomic mass is 15.2. The van der Waals surface area contributed by atoms with Crippen molar-refractivity contribution in [1.82, 2.24) is 10.2 Å². The van der Waals surface area contributed by atoms with Gasteiger partial charge in [-0.25, -0.2) is 5.32 Å². The molecule has 1 aliphatic rings. The summed E-state index contributed by atoms with van der Waals surface area (Å²) in [7, 11) is 0. The zero-order valence-corrected chi connectivity index (χ0v) is 6.43. The first-order chi connectivity index (χ1) is 4.93. The maximum atomic E-state index is 4.25. The molecule has 0 bridgehead atoms. The zero-order valence-electron chi connectivity index (χ0n) is 6.43. The molecule has 1 fully saturated rings. The molecule has 0 aliphatic carbocycles. The topological polar surface area (TPSA) is 17.3 Å². The molecule has 10 heavy (non-hydrogen) atoms. The van der Waals surface area contributed by atoms with Crippen LogP contribution in [0.25, 0.3) is 0 Å². The third kappa shape index (κ3) is 2.38. The van der Waals surface area contributed by atoms with Gasteiger partial charge in [0.15, 0.2) is 0 Å². The van der Waals surface area contributed by atoms with Crippen molar-refractivity contribution in [3.05, 3.63) is 0 Å². The van der Waals surface area contributed by atoms with Crippen molar-refractivity contribution in [1.29, 1.82) is 0 Å². The molecular formula is C8H13N2. The molecule has 1 aliphatic heterocycles. The first kappa shape index (κ1) is 7.59. The van der Waals surface area contributed by atoms with Crippen LogP contribution in [-0.4, -0.2) is 37.6 Å². The van der Waals surface area contributed by atoms with Crippen LogP contribution in [0.2, 0.25) is 0 Å². The summed E-state index contributed by atoms with van der Waals surface area (Å²) in [5.41, 5.74) is 0. The van der Waals surface area contributed by atoms with E-state index in [0.29, 0.717) is 0 Å². The molecule has 0 spiro atoms. The molecule has 1 saturated heterocycles. The molecule has 0 saturated carbocycles. The van der Waals surface area contributed by atoms with Gasteiger partial charge in [-0.15, -0.1) is 5.92 Å². The van der Waals surface area contributed by atoms with Crippen LogP contribution in [0.1, 0.15) is 6.92 Å². The third-order valence-electron chi connectivity index (χ3n) is 1.63. The van der Waals surface area contributed by atoms with Gasteiger partial charge in [-0.1, -0.05) is 5.92 Å². The lowest BCUT2D eigenvalue weighted by Crippen LogP contribution is -2.40. The fourth-order valence-electron chi connectivity index (χ4n) is 0.997. The van der Waals surface area contributed by atoms with Gasteiger partial charge in [0.2, 0.25) is 0 Å². The van der Waals surface area contributed by atoms with Gasteiger partial charge in [-0.2, -0.15) is 0 Å². The summed E-state index contributed by atoms with van der Waals surface area (Å²) in [6.07, 6.45) is 0. The molecule has 0 N–H and O–H groups in total. The van der Waals surface area contributed by atoms with Gasteiger partial charge in [0, 0.05) is 26.2 Å². The van der Waals surface area contributed by atoms with Crippen molar-refractivity contribution < 1.29 is 0 Å². The van der Waals surface area contributed by atoms with Crippen LogP contribution in [0.3, 0.4) is 0 Å². The highest BCUT2D eigenvalue weighted by molar-refractivity contribution is 4.98. The van der Waals surface area contributed by atoms with E-state index >= 15 is 0 Å². The highest BCUT2D eigenvalue weighted by Crippen LogP contribution is 1.90. The van der Waals surface area contributed by atoms with E-state index in [1.807, 2.05) is 6.92 Å². The fraction of sp³-hybridized carbons (Fsp3) is 0.750. The fourth-order valence-corrected chi connectivity index (χ4v) is 0.997. The van der Waals surface area contributed by atoms with Crippen LogP contribution < -0.4 is 5.32 Å². The predicted molar refractivity (Wildman–Crippen MR) is 41.8 cm³/mol. The lowest BCUT2D eigenvalue weighted by molar-refractivity contribution is 0.265. The van der Waals surface area contributed by atoms with Gasteiger partial charge in [0.1, 0.15) is 0 Å². The van der Waals surface area contributed by atoms with Gasteiger partial charge < -0.3 is 0 Å². The first-order valence-corrected chi connectivity index (χ1v) is 3.68. The summed E-state index contributed by atoms with van der Waals surface area (Å²) in [5, 5.41) is 4.25. The molecule has 1 rings (SSSR count). The van der Waals surface area contributed by atoms with E-state index in [-0.39, 0.29) is 0 Å². The first-order valence-electron chi connectivity index (χ1n) is 3.68. The van der Waals surface area contributed by atoms with Crippen LogP contribution in [0, 0.1) is 11.8 Å². The van der Waals surface area contributed by atoms with E-state index in [4.69, 9.17) is 0 Å². The van der Waals surface area contributed by atoms with Crippen LogP contribution in [0.5, 0.6) is 0 Å². The maximum absolute atomic E-state index is 4.25. The normalized spacial score (nSPS) is 19.7. The van der Waals surface area contributed by atoms with Gasteiger partial charge in [0.25, 0.3) is 0 Å². The molecule has 0 aromatic carbocycles. The van der Waals surface area contributed by atoms with Crippen molar-refractivity contribution in [2.24, 2.45) is 0 Å². The minimum atomic E-state index is 0.923. The summed E-state index contributed by atoms with van der Waals surface area (Å²) in [6.45, 7) is 6.97. The molecule has 2 heteroatoms. The van der Waals surface area contributed by atoms with E-state index in [9.17, 15) is 0 Å². The lowest BCUT2D eigenvalue weighted by Gasteiger charge is -2.23. The molecule has 0 aromatic rings. The standard InChI is InChI=1S/C8H13N2/c1-2-3-6-10-7-4-9-5-8-10/h4-8H2,1H3. The number of piperazine rings is 1. The van der Waals surface area contributed by atoms with Crippen molar-refractivity contribution >= 4 is 0 Å². The Morgan fingerprint density at radius 3 is 2.70 bits per heavy atom. The van der Waals surface area contributed by atoms with E-state index in [0.717, 1.165) is 32.7 Å². The molecule has 0 unspecified atom stereocenters. The monoisotopic (exact) mass is 137 g/mol. The van der Waals surface area contributed by atoms with E-state index in [2.05, 4.69) is 22.1 Å². The Bertz CT molecular complexity index is 137. The SMILES string of the molecule is CC#CCN1CC[N]CC1. The average molecular weight is 137 g/mol. The zero-order chi connectivity index (χ0) is 7.23. The van der Waals surface area contributed by atoms with Crippen molar-refractivity contribution in [3.8, 4) is 11.8 Å². The maximum Gasteiger partial charge on any atom is 0.0602 e. The molecule has 0 aromatic heterocycles. The van der Waals surface area contributed by atoms with Gasteiger partial charge >= 0.3 is 0 Å². The van der Waals surface area contributed by atoms with Crippen LogP contribution >= 0.6 is 0 Å². The summed E-state index contributed by atoms with van der Waals surface area (Å²) in [4.78, 5) is 2.34. The van der Waals surface area contributed by atoms with Gasteiger partial charge in [-0.05, 0) is 6.92 Å². The lowest BCUT2D eigenvalue weighted by atomic mass is 10.3. The summed E-state index contributed by atoms with van der Waals surface area (Å²) in [5.74, 6) is 5.94. The van der Waals surface area contributed by atoms with E-state index < -0.39 is 0 Å². The highest BCUT2D eigenvalue weighted by Gasteiger charge is 2.07. The third-order valence-corrected chi connectivity index (χ3v) is 1.63. The second-order valence-corrected chi connectivity index (χ2v) is 2.37. The average Bonchev–Trinajstić information content (AvgIpc) is 2.03. The van der Waals surface area contributed by atoms with Gasteiger partial charge in [0.05, 0.1) is 6.54 Å². The smallest absolute Gasteiger partial charge is 0.0602 e. The molecule has 1 radical (unpaired) electrons. The number of hydrogen-bond donors (Lipinski definition) is 0. The number of rotatable bonds is 1. The van der Waals surface area contributed by atoms with E-state index in [1.165, 1.54) is 0 Å². The van der Waals surface area contributed by atoms with Crippen LogP contribution in [0.4, 0.5) is 0 Å². The van der Waals surface area contributed by atoms with Crippen molar-refractivity contribution in [2.75, 3.05) is 32.7 Å². The Kier molecular flexibility index (Phi) is 3.28. The molecular weight excluding hydrogens is 124 g/mol. The largest absolute Gasteiger partial charge is 0.290 e. The van der Waals surface area contributed by atoms with E-state index in [1.54, 1.807) is 0 Å². The predicted octanol–water partition coefficient (Wildman–Crippen LogP) is -0.0703. The number of nitrogens with zero attached hydrogens (tertiary/aromatic N) is 2. The summed E-state index contributed by atoms with van der Waals surface area (Å²) >= 11 is 0. The Hall–Kier alpha value is -0.520. The summed E-state index contributed by atoms with van der Waals surface area (Å²) < 4.78 is 0. The second-order valence-electron chi connectivity index (χ2n) is 2.37. The van der Waals surface area contributed by atoms with Crippen molar-refractivity contribution in [3.63, 3.8) is 0 Å². The number of hydrogen-bond acceptors (Lipinski definition) is 1. The minimum Gasteiger partial charge on any atom is -0.290 e. The second kappa shape index (κ2) is 4.32. The molecule has 2 nitrogen and oxygen atoms in total. The van der Waals surface area contributed by atoms with Gasteiger partial charge in [-0.3, -0.25) is 4.90 Å². The Balaban J connectivity index is 2.17.